The van der Waals surface area contributed by atoms with Gasteiger partial charge in [0.25, 0.3) is 0 Å². The SMILES string of the molecule is [SH-].c1cc[c]([Sn+]([c]2ccccc2)[c]2ccccc2)cc1.c1cc[c]([Sn]([c]2ccccc2)[c]2ccccc2)cc1. The van der Waals surface area contributed by atoms with Gasteiger partial charge < -0.3 is 13.5 Å². The Morgan fingerprint density at radius 2 is 0.487 bits per heavy atom. The summed E-state index contributed by atoms with van der Waals surface area (Å²) in [4.78, 5) is 0. The van der Waals surface area contributed by atoms with Gasteiger partial charge in [-0.1, -0.05) is 0 Å². The first-order valence-corrected chi connectivity index (χ1v) is 21.5. The van der Waals surface area contributed by atoms with Crippen LogP contribution in [0.2, 0.25) is 0 Å². The molecule has 0 aromatic heterocycles. The molecule has 6 rings (SSSR count). The molecule has 0 saturated heterocycles. The molecule has 6 aromatic rings. The predicted molar refractivity (Wildman–Crippen MR) is 177 cm³/mol. The van der Waals surface area contributed by atoms with Crippen LogP contribution in [0.25, 0.3) is 0 Å². The van der Waals surface area contributed by atoms with Crippen LogP contribution in [0.3, 0.4) is 0 Å². The molecule has 39 heavy (non-hydrogen) atoms. The van der Waals surface area contributed by atoms with E-state index in [4.69, 9.17) is 0 Å². The maximum atomic E-state index is 2.29. The standard InChI is InChI=1S/6C6H5.H2S.2Sn/c6*1-2-4-6-5-3-1;;;/h6*1-5H;1H2;;/q;;;;;;;;+1/p-1. The average Bonchev–Trinajstić information content (AvgIpc) is 3.01. The second-order valence-corrected chi connectivity index (χ2v) is 23.1. The summed E-state index contributed by atoms with van der Waals surface area (Å²) in [6, 6.07) is 65.9. The molecule has 0 aliphatic heterocycles. The van der Waals surface area contributed by atoms with Crippen LogP contribution in [-0.2, 0) is 13.5 Å². The fourth-order valence-electron chi connectivity index (χ4n) is 4.63. The maximum absolute atomic E-state index is 2.29. The molecule has 0 N–H and O–H groups in total. The van der Waals surface area contributed by atoms with E-state index >= 15 is 0 Å². The van der Waals surface area contributed by atoms with Crippen LogP contribution < -0.4 is 21.5 Å². The van der Waals surface area contributed by atoms with Crippen LogP contribution in [0.5, 0.6) is 0 Å². The van der Waals surface area contributed by atoms with Gasteiger partial charge in [0.2, 0.25) is 0 Å². The Morgan fingerprint density at radius 1 is 0.282 bits per heavy atom. The second kappa shape index (κ2) is 15.8. The summed E-state index contributed by atoms with van der Waals surface area (Å²) >= 11 is -3.96. The first-order valence-electron chi connectivity index (χ1n) is 13.0. The molecule has 0 aliphatic carbocycles. The van der Waals surface area contributed by atoms with E-state index in [0.29, 0.717) is 0 Å². The summed E-state index contributed by atoms with van der Waals surface area (Å²) in [5, 5.41) is 0. The van der Waals surface area contributed by atoms with Gasteiger partial charge >= 0.3 is 243 Å². The molecule has 0 amide bonds. The third-order valence-electron chi connectivity index (χ3n) is 6.37. The number of hydrogen-bond donors (Lipinski definition) is 0. The molecule has 189 valence electrons. The van der Waals surface area contributed by atoms with E-state index in [1.807, 2.05) is 0 Å². The molecule has 1 radical (unpaired) electrons. The molecule has 0 saturated carbocycles. The predicted octanol–water partition coefficient (Wildman–Crippen LogP) is 4.14. The van der Waals surface area contributed by atoms with Crippen LogP contribution in [-0.4, -0.2) is 39.5 Å². The van der Waals surface area contributed by atoms with Crippen molar-refractivity contribution in [1.29, 1.82) is 0 Å². The van der Waals surface area contributed by atoms with Gasteiger partial charge in [-0.05, 0) is 0 Å². The minimum absolute atomic E-state index is 0. The van der Waals surface area contributed by atoms with Gasteiger partial charge in [0.1, 0.15) is 0 Å². The van der Waals surface area contributed by atoms with Crippen LogP contribution in [0.1, 0.15) is 0 Å². The Morgan fingerprint density at radius 3 is 0.718 bits per heavy atom. The zero-order valence-corrected chi connectivity index (χ0v) is 28.4. The van der Waals surface area contributed by atoms with Crippen LogP contribution in [0.15, 0.2) is 182 Å². The van der Waals surface area contributed by atoms with Crippen molar-refractivity contribution in [2.75, 3.05) is 0 Å². The third kappa shape index (κ3) is 8.13. The Kier molecular flexibility index (Phi) is 11.8. The Bertz CT molecular complexity index is 1170. The van der Waals surface area contributed by atoms with E-state index in [1.54, 1.807) is 0 Å². The number of rotatable bonds is 6. The molecule has 0 bridgehead atoms. The van der Waals surface area contributed by atoms with Gasteiger partial charge in [-0.25, -0.2) is 0 Å². The van der Waals surface area contributed by atoms with Crippen molar-refractivity contribution in [3.8, 4) is 0 Å². The third-order valence-corrected chi connectivity index (χ3v) is 22.0. The zero-order chi connectivity index (χ0) is 25.8. The molecule has 0 spiro atoms. The molecule has 3 heteroatoms. The normalized spacial score (nSPS) is 10.1. The summed E-state index contributed by atoms with van der Waals surface area (Å²) in [5.41, 5.74) is 0. The van der Waals surface area contributed by atoms with E-state index < -0.39 is 39.5 Å². The number of benzene rings is 6. The van der Waals surface area contributed by atoms with Crippen molar-refractivity contribution in [3.63, 3.8) is 0 Å². The molecular formula is C36H31SSn2. The van der Waals surface area contributed by atoms with Gasteiger partial charge in [-0.2, -0.15) is 0 Å². The molecule has 0 nitrogen and oxygen atoms in total. The fourth-order valence-corrected chi connectivity index (χ4v) is 19.3. The van der Waals surface area contributed by atoms with Gasteiger partial charge in [0.15, 0.2) is 0 Å². The van der Waals surface area contributed by atoms with Crippen molar-refractivity contribution in [2.24, 2.45) is 0 Å². The van der Waals surface area contributed by atoms with E-state index in [2.05, 4.69) is 182 Å². The molecular weight excluding hydrogens is 702 g/mol. The second-order valence-electron chi connectivity index (χ2n) is 8.95. The van der Waals surface area contributed by atoms with Crippen LogP contribution >= 0.6 is 0 Å². The molecule has 0 atom stereocenters. The molecule has 6 aromatic carbocycles. The fraction of sp³-hybridized carbons (Fsp3) is 0. The minimum atomic E-state index is -1.98. The summed E-state index contributed by atoms with van der Waals surface area (Å²) in [6.07, 6.45) is 0. The molecule has 0 heterocycles. The zero-order valence-electron chi connectivity index (χ0n) is 21.8. The van der Waals surface area contributed by atoms with E-state index in [0.717, 1.165) is 0 Å². The summed E-state index contributed by atoms with van der Waals surface area (Å²) in [5.74, 6) is 0. The Hall–Kier alpha value is -2.73. The summed E-state index contributed by atoms with van der Waals surface area (Å²) < 4.78 is 9.18. The van der Waals surface area contributed by atoms with Crippen molar-refractivity contribution in [3.05, 3.63) is 182 Å². The first kappa shape index (κ1) is 29.3. The summed E-state index contributed by atoms with van der Waals surface area (Å²) in [7, 11) is 0. The monoisotopic (exact) mass is 735 g/mol. The van der Waals surface area contributed by atoms with Crippen molar-refractivity contribution < 1.29 is 0 Å². The average molecular weight is 733 g/mol. The van der Waals surface area contributed by atoms with Crippen molar-refractivity contribution >= 4 is 74.5 Å². The van der Waals surface area contributed by atoms with Gasteiger partial charge in [-0.3, -0.25) is 0 Å². The first-order chi connectivity index (χ1) is 18.9. The van der Waals surface area contributed by atoms with Gasteiger partial charge in [-0.15, -0.1) is 0 Å². The molecule has 0 unspecified atom stereocenters. The van der Waals surface area contributed by atoms with E-state index in [1.165, 1.54) is 21.5 Å². The molecule has 0 aliphatic rings. The van der Waals surface area contributed by atoms with Crippen LogP contribution in [0, 0.1) is 0 Å². The van der Waals surface area contributed by atoms with Gasteiger partial charge in [0, 0.05) is 0 Å². The topological polar surface area (TPSA) is 0 Å². The Balaban J connectivity index is 0.000000176. The van der Waals surface area contributed by atoms with Crippen LogP contribution in [0.4, 0.5) is 0 Å². The van der Waals surface area contributed by atoms with E-state index in [-0.39, 0.29) is 13.5 Å². The quantitative estimate of drug-likeness (QED) is 0.141. The van der Waals surface area contributed by atoms with Crippen molar-refractivity contribution in [2.45, 2.75) is 0 Å². The molecule has 0 fully saturated rings. The van der Waals surface area contributed by atoms with E-state index in [9.17, 15) is 0 Å². The number of thiol groups is 1. The van der Waals surface area contributed by atoms with Crippen molar-refractivity contribution in [1.82, 2.24) is 0 Å². The number of hydrogen-bond acceptors (Lipinski definition) is 1. The van der Waals surface area contributed by atoms with Gasteiger partial charge in [0.05, 0.1) is 0 Å². The Labute approximate surface area is 254 Å². The summed E-state index contributed by atoms with van der Waals surface area (Å²) in [6.45, 7) is 0.